The molecule has 0 radical (unpaired) electrons. The number of hydrogen-bond acceptors (Lipinski definition) is 5. The lowest BCUT2D eigenvalue weighted by atomic mass is 10.0. The fourth-order valence-electron chi connectivity index (χ4n) is 2.85. The fraction of sp³-hybridized carbons (Fsp3) is 0.263. The number of carboxylic acids is 1. The first-order valence-corrected chi connectivity index (χ1v) is 9.00. The molecule has 0 bridgehead atoms. The molecular weight excluding hydrogens is 364 g/mol. The van der Waals surface area contributed by atoms with Gasteiger partial charge >= 0.3 is 5.97 Å². The van der Waals surface area contributed by atoms with Crippen molar-refractivity contribution in [3.8, 4) is 0 Å². The van der Waals surface area contributed by atoms with Crippen LogP contribution >= 0.6 is 12.2 Å². The number of aliphatic carboxylic acids is 1. The number of carbonyl (C=O) groups excluding carboxylic acids is 1. The van der Waals surface area contributed by atoms with Crippen LogP contribution in [0.4, 0.5) is 5.69 Å². The summed E-state index contributed by atoms with van der Waals surface area (Å²) in [5.74, 6) is -0.998. The van der Waals surface area contributed by atoms with Gasteiger partial charge in [0.25, 0.3) is 0 Å². The van der Waals surface area contributed by atoms with Gasteiger partial charge in [0.05, 0.1) is 5.69 Å². The normalized spacial score (nSPS) is 14.9. The Balaban J connectivity index is 1.55. The van der Waals surface area contributed by atoms with Crippen molar-refractivity contribution in [2.75, 3.05) is 11.4 Å². The summed E-state index contributed by atoms with van der Waals surface area (Å²) in [6.45, 7) is 0.626. The van der Waals surface area contributed by atoms with E-state index in [0.29, 0.717) is 24.5 Å². The van der Waals surface area contributed by atoms with Crippen molar-refractivity contribution in [1.82, 2.24) is 15.6 Å². The molecule has 1 aliphatic rings. The highest BCUT2D eigenvalue weighted by Crippen LogP contribution is 2.18. The van der Waals surface area contributed by atoms with Crippen molar-refractivity contribution in [3.63, 3.8) is 0 Å². The Labute approximate surface area is 162 Å². The molecule has 1 atom stereocenters. The Kier molecular flexibility index (Phi) is 6.10. The summed E-state index contributed by atoms with van der Waals surface area (Å²) < 4.78 is 0. The zero-order valence-corrected chi connectivity index (χ0v) is 15.4. The molecule has 2 aromatic rings. The Morgan fingerprint density at radius 2 is 2.07 bits per heavy atom. The predicted molar refractivity (Wildman–Crippen MR) is 105 cm³/mol. The van der Waals surface area contributed by atoms with Gasteiger partial charge in [0.2, 0.25) is 5.91 Å². The van der Waals surface area contributed by atoms with Gasteiger partial charge in [-0.3, -0.25) is 19.9 Å². The van der Waals surface area contributed by atoms with Crippen LogP contribution in [-0.4, -0.2) is 39.7 Å². The molecule has 0 aliphatic carbocycles. The van der Waals surface area contributed by atoms with Crippen molar-refractivity contribution in [2.45, 2.75) is 25.4 Å². The zero-order valence-electron chi connectivity index (χ0n) is 14.6. The number of rotatable bonds is 8. The van der Waals surface area contributed by atoms with E-state index in [0.717, 1.165) is 16.9 Å². The Morgan fingerprint density at radius 3 is 2.67 bits per heavy atom. The fourth-order valence-corrected chi connectivity index (χ4v) is 3.13. The Bertz CT molecular complexity index is 827. The minimum atomic E-state index is -0.880. The van der Waals surface area contributed by atoms with E-state index in [1.807, 2.05) is 42.5 Å². The van der Waals surface area contributed by atoms with Crippen molar-refractivity contribution in [1.29, 1.82) is 0 Å². The second-order valence-corrected chi connectivity index (χ2v) is 6.62. The van der Waals surface area contributed by atoms with Crippen molar-refractivity contribution < 1.29 is 14.7 Å². The molecule has 3 N–H and O–H groups in total. The molecule has 7 nitrogen and oxygen atoms in total. The summed E-state index contributed by atoms with van der Waals surface area (Å²) in [5.41, 5.74) is 2.66. The van der Waals surface area contributed by atoms with Gasteiger partial charge in [0.15, 0.2) is 5.11 Å². The van der Waals surface area contributed by atoms with E-state index in [9.17, 15) is 14.7 Å². The highest BCUT2D eigenvalue weighted by Gasteiger charge is 2.24. The third kappa shape index (κ3) is 5.08. The van der Waals surface area contributed by atoms with Crippen LogP contribution in [0.15, 0.2) is 48.7 Å². The van der Waals surface area contributed by atoms with Crippen LogP contribution in [0, 0.1) is 0 Å². The van der Waals surface area contributed by atoms with E-state index in [-0.39, 0.29) is 12.5 Å². The second kappa shape index (κ2) is 8.70. The van der Waals surface area contributed by atoms with Crippen LogP contribution in [-0.2, 0) is 22.6 Å². The van der Waals surface area contributed by atoms with E-state index >= 15 is 0 Å². The molecule has 140 valence electrons. The maximum Gasteiger partial charge on any atom is 0.320 e. The van der Waals surface area contributed by atoms with Crippen molar-refractivity contribution in [3.05, 3.63) is 59.9 Å². The van der Waals surface area contributed by atoms with Gasteiger partial charge in [-0.1, -0.05) is 18.2 Å². The second-order valence-electron chi connectivity index (χ2n) is 6.24. The lowest BCUT2D eigenvalue weighted by Gasteiger charge is -2.17. The van der Waals surface area contributed by atoms with Gasteiger partial charge in [-0.25, -0.2) is 0 Å². The average Bonchev–Trinajstić information content (AvgIpc) is 3.01. The Hall–Kier alpha value is -2.84. The van der Waals surface area contributed by atoms with Crippen LogP contribution in [0.3, 0.4) is 0 Å². The van der Waals surface area contributed by atoms with Gasteiger partial charge in [-0.2, -0.15) is 0 Å². The van der Waals surface area contributed by atoms with E-state index in [1.54, 1.807) is 11.1 Å². The minimum absolute atomic E-state index is 0.118. The zero-order chi connectivity index (χ0) is 19.2. The smallest absolute Gasteiger partial charge is 0.320 e. The molecule has 1 unspecified atom stereocenters. The lowest BCUT2D eigenvalue weighted by molar-refractivity contribution is -0.139. The number of anilines is 1. The number of aryl methyl sites for hydroxylation is 1. The number of thiocarbonyl (C=S) groups is 1. The number of carbonyl (C=O) groups is 2. The number of amides is 1. The van der Waals surface area contributed by atoms with Gasteiger partial charge in [0.1, 0.15) is 12.6 Å². The quantitative estimate of drug-likeness (QED) is 0.594. The van der Waals surface area contributed by atoms with Gasteiger partial charge in [-0.05, 0) is 54.9 Å². The topological polar surface area (TPSA) is 94.6 Å². The predicted octanol–water partition coefficient (Wildman–Crippen LogP) is 1.48. The standard InChI is InChI=1S/C19H20N4O3S/c24-17-12-23(19(27)22-17)15-7-4-13(5-8-15)6-9-16(18(25)26)21-11-14-3-1-2-10-20-14/h1-5,7-8,10,16,21H,6,9,11-12H2,(H,25,26)(H,22,24,27). The molecule has 3 rings (SSSR count). The molecule has 1 fully saturated rings. The minimum Gasteiger partial charge on any atom is -0.480 e. The molecule has 1 amide bonds. The van der Waals surface area contributed by atoms with Gasteiger partial charge in [-0.15, -0.1) is 0 Å². The molecule has 2 heterocycles. The number of hydrogen-bond donors (Lipinski definition) is 3. The largest absolute Gasteiger partial charge is 0.480 e. The van der Waals surface area contributed by atoms with Crippen LogP contribution in [0.25, 0.3) is 0 Å². The van der Waals surface area contributed by atoms with E-state index in [1.165, 1.54) is 0 Å². The number of carboxylic acid groups (broad SMARTS) is 1. The molecule has 0 spiro atoms. The summed E-state index contributed by atoms with van der Waals surface area (Å²) in [6.07, 6.45) is 2.77. The van der Waals surface area contributed by atoms with E-state index in [4.69, 9.17) is 12.2 Å². The molecule has 1 aliphatic heterocycles. The number of nitrogens with one attached hydrogen (secondary N) is 2. The molecule has 8 heteroatoms. The van der Waals surface area contributed by atoms with Crippen molar-refractivity contribution in [2.24, 2.45) is 0 Å². The number of pyridine rings is 1. The monoisotopic (exact) mass is 384 g/mol. The first-order chi connectivity index (χ1) is 13.0. The van der Waals surface area contributed by atoms with Crippen LogP contribution in [0.1, 0.15) is 17.7 Å². The molecular formula is C19H20N4O3S. The lowest BCUT2D eigenvalue weighted by Crippen LogP contribution is -2.36. The van der Waals surface area contributed by atoms with Gasteiger partial charge in [0, 0.05) is 18.4 Å². The molecule has 27 heavy (non-hydrogen) atoms. The van der Waals surface area contributed by atoms with Crippen molar-refractivity contribution >= 4 is 34.9 Å². The summed E-state index contributed by atoms with van der Waals surface area (Å²) in [4.78, 5) is 28.8. The number of benzene rings is 1. The van der Waals surface area contributed by atoms with Crippen LogP contribution < -0.4 is 15.5 Å². The molecule has 0 saturated carbocycles. The maximum absolute atomic E-state index is 11.5. The van der Waals surface area contributed by atoms with E-state index in [2.05, 4.69) is 15.6 Å². The maximum atomic E-state index is 11.5. The summed E-state index contributed by atoms with van der Waals surface area (Å²) >= 11 is 5.13. The number of aromatic nitrogens is 1. The van der Waals surface area contributed by atoms with E-state index < -0.39 is 12.0 Å². The average molecular weight is 384 g/mol. The first-order valence-electron chi connectivity index (χ1n) is 8.59. The molecule has 1 aromatic carbocycles. The SMILES string of the molecule is O=C1CN(c2ccc(CCC(NCc3ccccn3)C(=O)O)cc2)C(=S)N1. The van der Waals surface area contributed by atoms with Crippen LogP contribution in [0.5, 0.6) is 0 Å². The Morgan fingerprint density at radius 1 is 1.30 bits per heavy atom. The number of nitrogens with zero attached hydrogens (tertiary/aromatic N) is 2. The highest BCUT2D eigenvalue weighted by atomic mass is 32.1. The molecule has 1 saturated heterocycles. The van der Waals surface area contributed by atoms with Crippen LogP contribution in [0.2, 0.25) is 0 Å². The summed E-state index contributed by atoms with van der Waals surface area (Å²) in [7, 11) is 0. The first kappa shape index (κ1) is 18.9. The molecule has 1 aromatic heterocycles. The highest BCUT2D eigenvalue weighted by molar-refractivity contribution is 7.80. The third-order valence-electron chi connectivity index (χ3n) is 4.32. The summed E-state index contributed by atoms with van der Waals surface area (Å²) in [5, 5.41) is 15.5. The summed E-state index contributed by atoms with van der Waals surface area (Å²) in [6, 6.07) is 12.5. The third-order valence-corrected chi connectivity index (χ3v) is 4.64. The van der Waals surface area contributed by atoms with Gasteiger partial charge < -0.3 is 15.3 Å².